The number of aliphatic hydroxyl groups is 1. The zero-order chi connectivity index (χ0) is 13.4. The molecule has 1 rings (SSSR count). The van der Waals surface area contributed by atoms with Crippen LogP contribution in [0.25, 0.3) is 0 Å². The van der Waals surface area contributed by atoms with Crippen LogP contribution in [-0.2, 0) is 9.53 Å². The van der Waals surface area contributed by atoms with Gasteiger partial charge in [-0.25, -0.2) is 0 Å². The van der Waals surface area contributed by atoms with Gasteiger partial charge in [0.1, 0.15) is 0 Å². The highest BCUT2D eigenvalue weighted by Gasteiger charge is 2.28. The van der Waals surface area contributed by atoms with E-state index in [9.17, 15) is 9.90 Å². The molecule has 1 saturated carbocycles. The predicted octanol–water partition coefficient (Wildman–Crippen LogP) is 0.552. The van der Waals surface area contributed by atoms with Gasteiger partial charge in [-0.1, -0.05) is 25.7 Å². The number of hydrogen-bond donors (Lipinski definition) is 3. The molecule has 1 amide bonds. The molecule has 0 heterocycles. The van der Waals surface area contributed by atoms with Gasteiger partial charge in [0.05, 0.1) is 18.1 Å². The van der Waals surface area contributed by atoms with Gasteiger partial charge in [0, 0.05) is 20.2 Å². The SMILES string of the molecule is COC(CN)CC(=O)NCC1(O)CCCCCC1. The molecule has 1 fully saturated rings. The first-order valence-corrected chi connectivity index (χ1v) is 6.81. The van der Waals surface area contributed by atoms with Crippen molar-refractivity contribution in [2.75, 3.05) is 20.2 Å². The smallest absolute Gasteiger partial charge is 0.222 e. The van der Waals surface area contributed by atoms with E-state index in [4.69, 9.17) is 10.5 Å². The van der Waals surface area contributed by atoms with Crippen LogP contribution in [-0.4, -0.2) is 42.9 Å². The number of rotatable bonds is 6. The van der Waals surface area contributed by atoms with Crippen molar-refractivity contribution in [2.45, 2.75) is 56.7 Å². The van der Waals surface area contributed by atoms with Crippen LogP contribution in [0.1, 0.15) is 44.9 Å². The number of ether oxygens (including phenoxy) is 1. The van der Waals surface area contributed by atoms with Crippen molar-refractivity contribution in [3.05, 3.63) is 0 Å². The van der Waals surface area contributed by atoms with E-state index < -0.39 is 5.60 Å². The van der Waals surface area contributed by atoms with Gasteiger partial charge < -0.3 is 20.9 Å². The summed E-state index contributed by atoms with van der Waals surface area (Å²) in [5, 5.41) is 13.2. The summed E-state index contributed by atoms with van der Waals surface area (Å²) in [5.41, 5.74) is 4.74. The minimum absolute atomic E-state index is 0.107. The average molecular weight is 258 g/mol. The van der Waals surface area contributed by atoms with E-state index in [2.05, 4.69) is 5.32 Å². The van der Waals surface area contributed by atoms with Crippen LogP contribution >= 0.6 is 0 Å². The second kappa shape index (κ2) is 7.71. The van der Waals surface area contributed by atoms with Gasteiger partial charge in [-0.15, -0.1) is 0 Å². The van der Waals surface area contributed by atoms with Gasteiger partial charge in [0.15, 0.2) is 0 Å². The molecule has 0 bridgehead atoms. The highest BCUT2D eigenvalue weighted by atomic mass is 16.5. The number of carbonyl (C=O) groups is 1. The molecule has 1 aliphatic carbocycles. The Labute approximate surface area is 109 Å². The maximum Gasteiger partial charge on any atom is 0.222 e. The molecule has 0 saturated heterocycles. The van der Waals surface area contributed by atoms with Crippen molar-refractivity contribution in [1.82, 2.24) is 5.32 Å². The number of nitrogens with one attached hydrogen (secondary N) is 1. The summed E-state index contributed by atoms with van der Waals surface area (Å²) in [4.78, 5) is 11.7. The Morgan fingerprint density at radius 2 is 2.00 bits per heavy atom. The van der Waals surface area contributed by atoms with Crippen LogP contribution in [0.4, 0.5) is 0 Å². The average Bonchev–Trinajstić information content (AvgIpc) is 2.59. The van der Waals surface area contributed by atoms with Gasteiger partial charge in [-0.05, 0) is 12.8 Å². The largest absolute Gasteiger partial charge is 0.388 e. The first kappa shape index (κ1) is 15.4. The maximum absolute atomic E-state index is 11.7. The summed E-state index contributed by atoms with van der Waals surface area (Å²) in [6.45, 7) is 0.668. The predicted molar refractivity (Wildman–Crippen MR) is 70.1 cm³/mol. The minimum Gasteiger partial charge on any atom is -0.388 e. The molecular formula is C13H26N2O3. The number of methoxy groups -OCH3 is 1. The van der Waals surface area contributed by atoms with Crippen molar-refractivity contribution in [1.29, 1.82) is 0 Å². The summed E-state index contributed by atoms with van der Waals surface area (Å²) in [5.74, 6) is -0.107. The quantitative estimate of drug-likeness (QED) is 0.607. The highest BCUT2D eigenvalue weighted by molar-refractivity contribution is 5.76. The summed E-state index contributed by atoms with van der Waals surface area (Å²) in [6.07, 6.45) is 5.99. The Hall–Kier alpha value is -0.650. The normalized spacial score (nSPS) is 21.1. The third kappa shape index (κ3) is 5.33. The lowest BCUT2D eigenvalue weighted by molar-refractivity contribution is -0.124. The van der Waals surface area contributed by atoms with E-state index >= 15 is 0 Å². The molecule has 0 aromatic rings. The van der Waals surface area contributed by atoms with Crippen molar-refractivity contribution in [3.8, 4) is 0 Å². The lowest BCUT2D eigenvalue weighted by Gasteiger charge is -2.27. The van der Waals surface area contributed by atoms with E-state index in [-0.39, 0.29) is 18.4 Å². The van der Waals surface area contributed by atoms with Crippen LogP contribution < -0.4 is 11.1 Å². The summed E-state index contributed by atoms with van der Waals surface area (Å²) in [7, 11) is 1.55. The molecule has 0 aromatic carbocycles. The zero-order valence-electron chi connectivity index (χ0n) is 11.3. The Kier molecular flexibility index (Phi) is 6.60. The first-order valence-electron chi connectivity index (χ1n) is 6.81. The topological polar surface area (TPSA) is 84.6 Å². The Morgan fingerprint density at radius 1 is 1.39 bits per heavy atom. The van der Waals surface area contributed by atoms with E-state index in [1.165, 1.54) is 12.8 Å². The first-order chi connectivity index (χ1) is 8.59. The van der Waals surface area contributed by atoms with Gasteiger partial charge >= 0.3 is 0 Å². The lowest BCUT2D eigenvalue weighted by atomic mass is 9.94. The fourth-order valence-corrected chi connectivity index (χ4v) is 2.37. The summed E-state index contributed by atoms with van der Waals surface area (Å²) >= 11 is 0. The Bertz CT molecular complexity index is 247. The molecular weight excluding hydrogens is 232 g/mol. The van der Waals surface area contributed by atoms with Gasteiger partial charge in [-0.3, -0.25) is 4.79 Å². The maximum atomic E-state index is 11.7. The molecule has 0 aliphatic heterocycles. The molecule has 1 atom stereocenters. The lowest BCUT2D eigenvalue weighted by Crippen LogP contribution is -2.43. The number of nitrogens with two attached hydrogens (primary N) is 1. The third-order valence-electron chi connectivity index (χ3n) is 3.66. The van der Waals surface area contributed by atoms with Crippen LogP contribution in [0.2, 0.25) is 0 Å². The highest BCUT2D eigenvalue weighted by Crippen LogP contribution is 2.26. The van der Waals surface area contributed by atoms with Gasteiger partial charge in [0.2, 0.25) is 5.91 Å². The van der Waals surface area contributed by atoms with Crippen molar-refractivity contribution in [3.63, 3.8) is 0 Å². The molecule has 0 spiro atoms. The minimum atomic E-state index is -0.725. The van der Waals surface area contributed by atoms with E-state index in [0.717, 1.165) is 25.7 Å². The van der Waals surface area contributed by atoms with Gasteiger partial charge in [0.25, 0.3) is 0 Å². The van der Waals surface area contributed by atoms with Crippen LogP contribution in [0, 0.1) is 0 Å². The molecule has 0 radical (unpaired) electrons. The molecule has 4 N–H and O–H groups in total. The monoisotopic (exact) mass is 258 g/mol. The third-order valence-corrected chi connectivity index (χ3v) is 3.66. The Balaban J connectivity index is 2.31. The Morgan fingerprint density at radius 3 is 2.50 bits per heavy atom. The van der Waals surface area contributed by atoms with E-state index in [1.807, 2.05) is 0 Å². The van der Waals surface area contributed by atoms with Crippen molar-refractivity contribution in [2.24, 2.45) is 5.73 Å². The second-order valence-corrected chi connectivity index (χ2v) is 5.21. The van der Waals surface area contributed by atoms with Crippen LogP contribution in [0.15, 0.2) is 0 Å². The molecule has 18 heavy (non-hydrogen) atoms. The molecule has 0 aromatic heterocycles. The fourth-order valence-electron chi connectivity index (χ4n) is 2.37. The summed E-state index contributed by atoms with van der Waals surface area (Å²) in [6, 6.07) is 0. The summed E-state index contributed by atoms with van der Waals surface area (Å²) < 4.78 is 5.06. The standard InChI is InChI=1S/C13H26N2O3/c1-18-11(9-14)8-12(16)15-10-13(17)6-4-2-3-5-7-13/h11,17H,2-10,14H2,1H3,(H,15,16). The fraction of sp³-hybridized carbons (Fsp3) is 0.923. The molecule has 5 nitrogen and oxygen atoms in total. The van der Waals surface area contributed by atoms with Crippen LogP contribution in [0.5, 0.6) is 0 Å². The molecule has 5 heteroatoms. The number of amides is 1. The number of carbonyl (C=O) groups excluding carboxylic acids is 1. The molecule has 106 valence electrons. The van der Waals surface area contributed by atoms with Crippen molar-refractivity contribution >= 4 is 5.91 Å². The zero-order valence-corrected chi connectivity index (χ0v) is 11.3. The van der Waals surface area contributed by atoms with E-state index in [0.29, 0.717) is 13.1 Å². The van der Waals surface area contributed by atoms with Crippen molar-refractivity contribution < 1.29 is 14.6 Å². The van der Waals surface area contributed by atoms with E-state index in [1.54, 1.807) is 7.11 Å². The molecule has 1 aliphatic rings. The molecule has 1 unspecified atom stereocenters. The second-order valence-electron chi connectivity index (χ2n) is 5.21. The van der Waals surface area contributed by atoms with Crippen LogP contribution in [0.3, 0.4) is 0 Å². The number of hydrogen-bond acceptors (Lipinski definition) is 4. The van der Waals surface area contributed by atoms with Gasteiger partial charge in [-0.2, -0.15) is 0 Å².